The van der Waals surface area contributed by atoms with E-state index in [0.29, 0.717) is 5.56 Å². The number of benzene rings is 4. The molecule has 1 heterocycles. The normalized spacial score (nSPS) is 12.9. The number of nitrogens with one attached hydrogen (secondary N) is 1. The van der Waals surface area contributed by atoms with Gasteiger partial charge < -0.3 is 23.7 Å². The van der Waals surface area contributed by atoms with Crippen molar-refractivity contribution in [3.8, 4) is 23.0 Å². The maximum Gasteiger partial charge on any atom is 0.343 e. The zero-order valence-corrected chi connectivity index (χ0v) is 31.0. The molecule has 12 nitrogen and oxygen atoms in total. The SMILES string of the molecule is C=CC(=O)Oc1ccc(C(=O)Oc2ccc(CCOC(=O)c3ccc(OC(=O)C=C)c(OC(=O)C=C)c3)cc2/C=N/NC2=CC(CC)c3ccccc3S2)cc1. The topological polar surface area (TPSA) is 156 Å². The van der Waals surface area contributed by atoms with Crippen LogP contribution in [0.4, 0.5) is 0 Å². The number of rotatable bonds is 16. The summed E-state index contributed by atoms with van der Waals surface area (Å²) < 4.78 is 26.6. The molecule has 1 aliphatic heterocycles. The quantitative estimate of drug-likeness (QED) is 0.0391. The van der Waals surface area contributed by atoms with E-state index in [9.17, 15) is 24.0 Å². The molecule has 0 fully saturated rings. The first-order chi connectivity index (χ1) is 27.1. The summed E-state index contributed by atoms with van der Waals surface area (Å²) >= 11 is 1.56. The summed E-state index contributed by atoms with van der Waals surface area (Å²) in [4.78, 5) is 62.4. The summed E-state index contributed by atoms with van der Waals surface area (Å²) in [6, 6.07) is 23.0. The zero-order chi connectivity index (χ0) is 40.0. The van der Waals surface area contributed by atoms with Gasteiger partial charge in [0.1, 0.15) is 11.5 Å². The third-order valence-electron chi connectivity index (χ3n) is 8.02. The second-order valence-corrected chi connectivity index (χ2v) is 12.8. The summed E-state index contributed by atoms with van der Waals surface area (Å²) in [5.74, 6) is -3.26. The molecule has 0 bridgehead atoms. The summed E-state index contributed by atoms with van der Waals surface area (Å²) in [5.41, 5.74) is 5.80. The highest BCUT2D eigenvalue weighted by Gasteiger charge is 2.20. The average Bonchev–Trinajstić information content (AvgIpc) is 3.21. The van der Waals surface area contributed by atoms with E-state index < -0.39 is 29.8 Å². The van der Waals surface area contributed by atoms with E-state index in [1.54, 1.807) is 30.0 Å². The Hall–Kier alpha value is -6.99. The van der Waals surface area contributed by atoms with Crippen molar-refractivity contribution >= 4 is 47.8 Å². The van der Waals surface area contributed by atoms with Crippen LogP contribution in [0.1, 0.15) is 56.7 Å². The Bertz CT molecular complexity index is 2240. The van der Waals surface area contributed by atoms with Crippen LogP contribution in [0.15, 0.2) is 144 Å². The van der Waals surface area contributed by atoms with Crippen molar-refractivity contribution in [1.29, 1.82) is 0 Å². The fourth-order valence-corrected chi connectivity index (χ4v) is 6.29. The van der Waals surface area contributed by atoms with Gasteiger partial charge in [-0.2, -0.15) is 5.10 Å². The van der Waals surface area contributed by atoms with Crippen molar-refractivity contribution in [2.75, 3.05) is 6.61 Å². The summed E-state index contributed by atoms with van der Waals surface area (Å²) in [5, 5.41) is 5.32. The third kappa shape index (κ3) is 10.8. The van der Waals surface area contributed by atoms with Crippen LogP contribution in [0.25, 0.3) is 0 Å². The number of esters is 5. The Morgan fingerprint density at radius 3 is 2.11 bits per heavy atom. The Kier molecular flexibility index (Phi) is 13.9. The van der Waals surface area contributed by atoms with Crippen LogP contribution >= 0.6 is 11.8 Å². The van der Waals surface area contributed by atoms with Crippen LogP contribution < -0.4 is 24.4 Å². The van der Waals surface area contributed by atoms with Gasteiger partial charge >= 0.3 is 29.8 Å². The number of ether oxygens (including phenoxy) is 5. The van der Waals surface area contributed by atoms with Crippen molar-refractivity contribution in [1.82, 2.24) is 5.43 Å². The van der Waals surface area contributed by atoms with E-state index in [1.807, 2.05) is 12.1 Å². The molecule has 1 unspecified atom stereocenters. The lowest BCUT2D eigenvalue weighted by Crippen LogP contribution is -2.13. The van der Waals surface area contributed by atoms with Crippen molar-refractivity contribution in [2.24, 2.45) is 5.10 Å². The van der Waals surface area contributed by atoms with Gasteiger partial charge in [-0.05, 0) is 84.3 Å². The highest BCUT2D eigenvalue weighted by atomic mass is 32.2. The molecule has 0 saturated heterocycles. The number of hydrogen-bond acceptors (Lipinski definition) is 13. The maximum atomic E-state index is 13.2. The number of fused-ring (bicyclic) bond motifs is 1. The van der Waals surface area contributed by atoms with Gasteiger partial charge in [0.25, 0.3) is 0 Å². The second kappa shape index (κ2) is 19.4. The molecule has 0 spiro atoms. The number of hydrogen-bond donors (Lipinski definition) is 1. The van der Waals surface area contributed by atoms with Crippen molar-refractivity contribution in [2.45, 2.75) is 30.6 Å². The highest BCUT2D eigenvalue weighted by Crippen LogP contribution is 2.40. The molecule has 0 aromatic heterocycles. The minimum atomic E-state index is -0.829. The van der Waals surface area contributed by atoms with Gasteiger partial charge in [-0.1, -0.05) is 62.7 Å². The fourth-order valence-electron chi connectivity index (χ4n) is 5.24. The molecule has 1 atom stereocenters. The van der Waals surface area contributed by atoms with E-state index in [0.717, 1.165) is 40.1 Å². The average molecular weight is 773 g/mol. The van der Waals surface area contributed by atoms with Gasteiger partial charge in [-0.25, -0.2) is 24.0 Å². The standard InChI is InChI=1S/C43H36N2O10S/c1-5-28-25-38(56-37-12-10-9-11-33(28)37)45-44-26-31-23-27(13-19-34(31)55-43(50)29-14-17-32(18-15-29)52-39(46)6-2)21-22-51-42(49)30-16-20-35(53-40(47)7-3)36(24-30)54-41(48)8-4/h6-20,23-26,28,45H,2-5,21-22H2,1H3/b44-26+. The van der Waals surface area contributed by atoms with E-state index in [4.69, 9.17) is 23.7 Å². The summed E-state index contributed by atoms with van der Waals surface area (Å²) in [6.07, 6.45) is 7.72. The molecule has 0 saturated carbocycles. The molecule has 1 N–H and O–H groups in total. The molecule has 0 aliphatic carbocycles. The van der Waals surface area contributed by atoms with Gasteiger partial charge in [-0.15, -0.1) is 0 Å². The first-order valence-corrected chi connectivity index (χ1v) is 18.0. The number of carbonyl (C=O) groups excluding carboxylic acids is 5. The Morgan fingerprint density at radius 1 is 0.732 bits per heavy atom. The van der Waals surface area contributed by atoms with Crippen LogP contribution in [-0.4, -0.2) is 42.7 Å². The monoisotopic (exact) mass is 772 g/mol. The summed E-state index contributed by atoms with van der Waals surface area (Å²) in [6.45, 7) is 12.1. The van der Waals surface area contributed by atoms with E-state index >= 15 is 0 Å². The fraction of sp³-hybridized carbons (Fsp3) is 0.116. The maximum absolute atomic E-state index is 13.2. The van der Waals surface area contributed by atoms with E-state index in [-0.39, 0.29) is 53.1 Å². The number of thioether (sulfide) groups is 1. The minimum Gasteiger partial charge on any atom is -0.462 e. The predicted octanol–water partition coefficient (Wildman–Crippen LogP) is 7.64. The molecule has 4 aromatic rings. The van der Waals surface area contributed by atoms with E-state index in [2.05, 4.69) is 55.4 Å². The van der Waals surface area contributed by atoms with Crippen molar-refractivity contribution in [3.05, 3.63) is 162 Å². The molecule has 5 rings (SSSR count). The minimum absolute atomic E-state index is 0.0335. The number of carbonyl (C=O) groups is 5. The Morgan fingerprint density at radius 2 is 1.39 bits per heavy atom. The Balaban J connectivity index is 1.32. The van der Waals surface area contributed by atoms with Crippen molar-refractivity contribution < 1.29 is 47.7 Å². The predicted molar refractivity (Wildman–Crippen MR) is 210 cm³/mol. The lowest BCUT2D eigenvalue weighted by Gasteiger charge is -2.22. The van der Waals surface area contributed by atoms with Gasteiger partial charge in [0, 0.05) is 41.0 Å². The van der Waals surface area contributed by atoms with Crippen LogP contribution in [0.5, 0.6) is 23.0 Å². The van der Waals surface area contributed by atoms with Crippen LogP contribution in [0.2, 0.25) is 0 Å². The zero-order valence-electron chi connectivity index (χ0n) is 30.2. The smallest absolute Gasteiger partial charge is 0.343 e. The first kappa shape index (κ1) is 40.2. The van der Waals surface area contributed by atoms with Crippen LogP contribution in [0, 0.1) is 0 Å². The van der Waals surface area contributed by atoms with Crippen LogP contribution in [0.3, 0.4) is 0 Å². The molecule has 0 radical (unpaired) electrons. The molecule has 0 amide bonds. The highest BCUT2D eigenvalue weighted by molar-refractivity contribution is 8.03. The first-order valence-electron chi connectivity index (χ1n) is 17.2. The largest absolute Gasteiger partial charge is 0.462 e. The van der Waals surface area contributed by atoms with Gasteiger partial charge in [0.2, 0.25) is 0 Å². The molecule has 13 heteroatoms. The lowest BCUT2D eigenvalue weighted by molar-refractivity contribution is -0.131. The number of nitrogens with zero attached hydrogens (tertiary/aromatic N) is 1. The van der Waals surface area contributed by atoms with Gasteiger partial charge in [0.15, 0.2) is 11.5 Å². The third-order valence-corrected chi connectivity index (χ3v) is 9.06. The molecule has 284 valence electrons. The molecule has 1 aliphatic rings. The lowest BCUT2D eigenvalue weighted by atomic mass is 9.96. The van der Waals surface area contributed by atoms with Crippen LogP contribution in [-0.2, 0) is 25.5 Å². The molecular weight excluding hydrogens is 737 g/mol. The molecular formula is C43H36N2O10S. The second-order valence-electron chi connectivity index (χ2n) is 11.8. The molecule has 4 aromatic carbocycles. The number of hydrazone groups is 1. The van der Waals surface area contributed by atoms with E-state index in [1.165, 1.54) is 54.2 Å². The number of allylic oxidation sites excluding steroid dienone is 1. The molecule has 56 heavy (non-hydrogen) atoms. The Labute approximate surface area is 327 Å². The summed E-state index contributed by atoms with van der Waals surface area (Å²) in [7, 11) is 0. The van der Waals surface area contributed by atoms with Crippen molar-refractivity contribution in [3.63, 3.8) is 0 Å². The van der Waals surface area contributed by atoms with Gasteiger partial charge in [0.05, 0.1) is 29.0 Å². The van der Waals surface area contributed by atoms with Gasteiger partial charge in [-0.3, -0.25) is 5.43 Å².